The number of fused-ring (bicyclic) bond motifs is 1. The highest BCUT2D eigenvalue weighted by Gasteiger charge is 2.29. The lowest BCUT2D eigenvalue weighted by Gasteiger charge is -2.10. The maximum Gasteiger partial charge on any atom is 0.254 e. The summed E-state index contributed by atoms with van der Waals surface area (Å²) in [6, 6.07) is 0. The van der Waals surface area contributed by atoms with Crippen molar-refractivity contribution in [1.82, 2.24) is 14.8 Å². The molecule has 1 N–H and O–H groups in total. The highest BCUT2D eigenvalue weighted by Crippen LogP contribution is 2.37. The number of pyridine rings is 1. The SMILES string of the molecule is CC1=C(c2nnc(C)o2)c2c(C#CC(C)(C)O)cn(C)c(=O)c2C1. The van der Waals surface area contributed by atoms with E-state index in [2.05, 4.69) is 22.0 Å². The first kappa shape index (κ1) is 16.2. The van der Waals surface area contributed by atoms with Crippen molar-refractivity contribution in [3.05, 3.63) is 50.6 Å². The van der Waals surface area contributed by atoms with E-state index in [1.807, 2.05) is 6.92 Å². The number of aliphatic hydroxyl groups is 1. The summed E-state index contributed by atoms with van der Waals surface area (Å²) in [5, 5.41) is 17.9. The summed E-state index contributed by atoms with van der Waals surface area (Å²) in [6.45, 7) is 6.90. The minimum absolute atomic E-state index is 0.0654. The molecule has 0 aromatic carbocycles. The standard InChI is InChI=1S/C18H19N3O3/c1-10-8-13-15(14(10)16-20-19-11(2)24-16)12(6-7-18(3,4)23)9-21(5)17(13)22/h9,23H,8H2,1-5H3. The Morgan fingerprint density at radius 3 is 2.62 bits per heavy atom. The summed E-state index contributed by atoms with van der Waals surface area (Å²) in [6.07, 6.45) is 2.21. The molecule has 24 heavy (non-hydrogen) atoms. The molecule has 0 aliphatic heterocycles. The summed E-state index contributed by atoms with van der Waals surface area (Å²) in [7, 11) is 1.70. The number of aryl methyl sites for hydroxylation is 2. The first-order valence-electron chi connectivity index (χ1n) is 7.66. The zero-order valence-corrected chi connectivity index (χ0v) is 14.4. The Labute approximate surface area is 139 Å². The second-order valence-electron chi connectivity index (χ2n) is 6.58. The fourth-order valence-corrected chi connectivity index (χ4v) is 2.82. The van der Waals surface area contributed by atoms with E-state index in [1.54, 1.807) is 34.0 Å². The van der Waals surface area contributed by atoms with Crippen molar-refractivity contribution in [2.24, 2.45) is 7.05 Å². The van der Waals surface area contributed by atoms with Crippen LogP contribution >= 0.6 is 0 Å². The van der Waals surface area contributed by atoms with Crippen molar-refractivity contribution in [3.8, 4) is 11.8 Å². The van der Waals surface area contributed by atoms with Gasteiger partial charge in [0.05, 0.1) is 0 Å². The summed E-state index contributed by atoms with van der Waals surface area (Å²) in [4.78, 5) is 12.5. The van der Waals surface area contributed by atoms with Crippen molar-refractivity contribution in [2.75, 3.05) is 0 Å². The highest BCUT2D eigenvalue weighted by atomic mass is 16.4. The van der Waals surface area contributed by atoms with Gasteiger partial charge in [0.15, 0.2) is 0 Å². The number of rotatable bonds is 1. The van der Waals surface area contributed by atoms with Gasteiger partial charge in [0.1, 0.15) is 5.60 Å². The molecule has 0 radical (unpaired) electrons. The molecule has 124 valence electrons. The van der Waals surface area contributed by atoms with E-state index in [1.165, 1.54) is 4.57 Å². The monoisotopic (exact) mass is 325 g/mol. The second-order valence-corrected chi connectivity index (χ2v) is 6.58. The van der Waals surface area contributed by atoms with E-state index >= 15 is 0 Å². The third-order valence-electron chi connectivity index (χ3n) is 3.83. The lowest BCUT2D eigenvalue weighted by Crippen LogP contribution is -2.22. The van der Waals surface area contributed by atoms with Crippen LogP contribution in [0, 0.1) is 18.8 Å². The lowest BCUT2D eigenvalue weighted by atomic mass is 10.00. The first-order chi connectivity index (χ1) is 11.2. The Morgan fingerprint density at radius 1 is 1.33 bits per heavy atom. The smallest absolute Gasteiger partial charge is 0.254 e. The molecule has 6 nitrogen and oxygen atoms in total. The Kier molecular flexibility index (Phi) is 3.69. The van der Waals surface area contributed by atoms with E-state index in [0.717, 1.165) is 16.7 Å². The molecule has 1 aliphatic rings. The molecular weight excluding hydrogens is 306 g/mol. The average molecular weight is 325 g/mol. The molecule has 0 atom stereocenters. The molecule has 0 spiro atoms. The van der Waals surface area contributed by atoms with Gasteiger partial charge in [0.2, 0.25) is 11.8 Å². The van der Waals surface area contributed by atoms with Gasteiger partial charge in [-0.15, -0.1) is 10.2 Å². The molecule has 1 aliphatic carbocycles. The van der Waals surface area contributed by atoms with Crippen molar-refractivity contribution in [2.45, 2.75) is 39.7 Å². The van der Waals surface area contributed by atoms with Gasteiger partial charge >= 0.3 is 0 Å². The molecule has 0 fully saturated rings. The van der Waals surface area contributed by atoms with Crippen molar-refractivity contribution >= 4 is 5.57 Å². The number of aromatic nitrogens is 3. The number of nitrogens with zero attached hydrogens (tertiary/aromatic N) is 3. The summed E-state index contributed by atoms with van der Waals surface area (Å²) >= 11 is 0. The summed E-state index contributed by atoms with van der Waals surface area (Å²) in [5.74, 6) is 6.66. The van der Waals surface area contributed by atoms with Crippen LogP contribution in [0.4, 0.5) is 0 Å². The molecule has 0 unspecified atom stereocenters. The van der Waals surface area contributed by atoms with Crippen LogP contribution in [0.2, 0.25) is 0 Å². The molecule has 0 amide bonds. The summed E-state index contributed by atoms with van der Waals surface area (Å²) < 4.78 is 7.10. The van der Waals surface area contributed by atoms with Gasteiger partial charge in [-0.25, -0.2) is 0 Å². The van der Waals surface area contributed by atoms with E-state index in [4.69, 9.17) is 4.42 Å². The highest BCUT2D eigenvalue weighted by molar-refractivity contribution is 5.86. The molecule has 3 rings (SSSR count). The second kappa shape index (κ2) is 5.46. The third kappa shape index (κ3) is 2.79. The zero-order valence-electron chi connectivity index (χ0n) is 14.4. The van der Waals surface area contributed by atoms with Gasteiger partial charge < -0.3 is 14.1 Å². The fraction of sp³-hybridized carbons (Fsp3) is 0.389. The quantitative estimate of drug-likeness (QED) is 0.805. The van der Waals surface area contributed by atoms with Crippen LogP contribution in [0.25, 0.3) is 5.57 Å². The van der Waals surface area contributed by atoms with E-state index < -0.39 is 5.60 Å². The number of allylic oxidation sites excluding steroid dienone is 1. The van der Waals surface area contributed by atoms with Crippen LogP contribution in [-0.4, -0.2) is 25.5 Å². The largest absolute Gasteiger partial charge is 0.421 e. The van der Waals surface area contributed by atoms with Crippen LogP contribution in [0.15, 0.2) is 21.0 Å². The summed E-state index contributed by atoms with van der Waals surface area (Å²) in [5.41, 5.74) is 2.63. The Hall–Kier alpha value is -2.65. The first-order valence-corrected chi connectivity index (χ1v) is 7.66. The van der Waals surface area contributed by atoms with Gasteiger partial charge in [0.25, 0.3) is 5.56 Å². The van der Waals surface area contributed by atoms with Gasteiger partial charge in [-0.3, -0.25) is 4.79 Å². The molecular formula is C18H19N3O3. The van der Waals surface area contributed by atoms with Gasteiger partial charge in [-0.2, -0.15) is 0 Å². The topological polar surface area (TPSA) is 81.2 Å². The molecule has 0 saturated carbocycles. The molecule has 2 heterocycles. The number of hydrogen-bond donors (Lipinski definition) is 1. The zero-order chi connectivity index (χ0) is 17.6. The van der Waals surface area contributed by atoms with Crippen LogP contribution in [0.3, 0.4) is 0 Å². The van der Waals surface area contributed by atoms with Gasteiger partial charge in [-0.1, -0.05) is 17.4 Å². The third-order valence-corrected chi connectivity index (χ3v) is 3.83. The molecule has 0 bridgehead atoms. The van der Waals surface area contributed by atoms with E-state index in [9.17, 15) is 9.90 Å². The molecule has 6 heteroatoms. The van der Waals surface area contributed by atoms with Crippen LogP contribution in [-0.2, 0) is 13.5 Å². The van der Waals surface area contributed by atoms with Crippen molar-refractivity contribution in [3.63, 3.8) is 0 Å². The minimum Gasteiger partial charge on any atom is -0.421 e. The maximum absolute atomic E-state index is 12.5. The predicted molar refractivity (Wildman–Crippen MR) is 89.3 cm³/mol. The minimum atomic E-state index is -1.12. The van der Waals surface area contributed by atoms with Crippen molar-refractivity contribution in [1.29, 1.82) is 0 Å². The predicted octanol–water partition coefficient (Wildman–Crippen LogP) is 1.58. The lowest BCUT2D eigenvalue weighted by molar-refractivity contribution is 0.143. The fourth-order valence-electron chi connectivity index (χ4n) is 2.82. The molecule has 0 saturated heterocycles. The van der Waals surface area contributed by atoms with E-state index in [0.29, 0.717) is 29.3 Å². The molecule has 2 aromatic heterocycles. The Morgan fingerprint density at radius 2 is 2.04 bits per heavy atom. The Bertz CT molecular complexity index is 976. The van der Waals surface area contributed by atoms with Crippen molar-refractivity contribution < 1.29 is 9.52 Å². The Balaban J connectivity index is 2.28. The van der Waals surface area contributed by atoms with Crippen LogP contribution in [0.5, 0.6) is 0 Å². The number of hydrogen-bond acceptors (Lipinski definition) is 5. The molecule has 2 aromatic rings. The van der Waals surface area contributed by atoms with E-state index in [-0.39, 0.29) is 5.56 Å². The average Bonchev–Trinajstić information content (AvgIpc) is 3.04. The normalized spacial score (nSPS) is 13.8. The maximum atomic E-state index is 12.5. The van der Waals surface area contributed by atoms with Gasteiger partial charge in [-0.05, 0) is 20.8 Å². The van der Waals surface area contributed by atoms with Crippen LogP contribution < -0.4 is 5.56 Å². The van der Waals surface area contributed by atoms with Gasteiger partial charge in [0, 0.05) is 48.9 Å². The van der Waals surface area contributed by atoms with Crippen LogP contribution in [0.1, 0.15) is 49.2 Å².